The van der Waals surface area contributed by atoms with Crippen LogP contribution in [-0.2, 0) is 4.79 Å². The van der Waals surface area contributed by atoms with Gasteiger partial charge in [-0.2, -0.15) is 0 Å². The van der Waals surface area contributed by atoms with Crippen LogP contribution in [0.15, 0.2) is 36.5 Å². The van der Waals surface area contributed by atoms with Crippen LogP contribution >= 0.6 is 11.6 Å². The average Bonchev–Trinajstić information content (AvgIpc) is 2.57. The Hall–Kier alpha value is -2.93. The van der Waals surface area contributed by atoms with Crippen LogP contribution in [0.4, 0.5) is 0 Å². The molecule has 0 saturated heterocycles. The van der Waals surface area contributed by atoms with Gasteiger partial charge in [0.1, 0.15) is 5.69 Å². The molecule has 0 spiro atoms. The number of rotatable bonds is 4. The minimum Gasteiger partial charge on any atom is -0.342 e. The third kappa shape index (κ3) is 5.29. The van der Waals surface area contributed by atoms with Crippen molar-refractivity contribution in [2.45, 2.75) is 13.8 Å². The summed E-state index contributed by atoms with van der Waals surface area (Å²) < 4.78 is 0. The van der Waals surface area contributed by atoms with Gasteiger partial charge in [-0.05, 0) is 37.6 Å². The van der Waals surface area contributed by atoms with Gasteiger partial charge in [-0.1, -0.05) is 29.3 Å². The molecule has 7 nitrogen and oxygen atoms in total. The number of hydrogen-bond acceptors (Lipinski definition) is 4. The lowest BCUT2D eigenvalue weighted by Gasteiger charge is -2.10. The van der Waals surface area contributed by atoms with Crippen LogP contribution in [0.3, 0.4) is 0 Å². The zero-order valence-corrected chi connectivity index (χ0v) is 14.5. The summed E-state index contributed by atoms with van der Waals surface area (Å²) in [5.41, 5.74) is 6.94. The first-order valence-electron chi connectivity index (χ1n) is 7.43. The topological polar surface area (TPSA) is 100 Å². The van der Waals surface area contributed by atoms with Crippen molar-refractivity contribution in [1.29, 1.82) is 0 Å². The summed E-state index contributed by atoms with van der Waals surface area (Å²) in [4.78, 5) is 39.5. The first-order chi connectivity index (χ1) is 11.9. The largest absolute Gasteiger partial charge is 0.342 e. The Kier molecular flexibility index (Phi) is 6.08. The maximum absolute atomic E-state index is 12.0. The van der Waals surface area contributed by atoms with E-state index in [0.29, 0.717) is 10.6 Å². The predicted octanol–water partition coefficient (Wildman–Crippen LogP) is 1.54. The third-order valence-electron chi connectivity index (χ3n) is 3.31. The summed E-state index contributed by atoms with van der Waals surface area (Å²) in [5, 5.41) is 2.75. The highest BCUT2D eigenvalue weighted by Gasteiger charge is 2.12. The number of carbonyl (C=O) groups is 3. The van der Waals surface area contributed by atoms with Crippen LogP contribution in [0.25, 0.3) is 0 Å². The monoisotopic (exact) mass is 360 g/mol. The number of halogens is 1. The number of nitrogens with one attached hydrogen (secondary N) is 3. The number of aromatic nitrogens is 1. The number of amides is 3. The Morgan fingerprint density at radius 3 is 2.48 bits per heavy atom. The molecule has 2 aromatic rings. The Morgan fingerprint density at radius 2 is 1.80 bits per heavy atom. The molecule has 0 aliphatic rings. The molecule has 0 fully saturated rings. The molecule has 3 amide bonds. The van der Waals surface area contributed by atoms with Crippen molar-refractivity contribution in [3.63, 3.8) is 0 Å². The Morgan fingerprint density at radius 1 is 1.04 bits per heavy atom. The highest BCUT2D eigenvalue weighted by molar-refractivity contribution is 6.30. The van der Waals surface area contributed by atoms with Crippen LogP contribution in [-0.4, -0.2) is 29.3 Å². The van der Waals surface area contributed by atoms with Gasteiger partial charge in [0, 0.05) is 16.8 Å². The molecule has 1 heterocycles. The van der Waals surface area contributed by atoms with Crippen molar-refractivity contribution in [3.8, 4) is 0 Å². The fraction of sp³-hybridized carbons (Fsp3) is 0.176. The molecule has 8 heteroatoms. The number of pyridine rings is 1. The molecule has 1 aromatic carbocycles. The van der Waals surface area contributed by atoms with Crippen molar-refractivity contribution >= 4 is 29.3 Å². The molecule has 0 atom stereocenters. The molecule has 130 valence electrons. The van der Waals surface area contributed by atoms with Crippen LogP contribution in [0.2, 0.25) is 5.02 Å². The van der Waals surface area contributed by atoms with E-state index in [1.54, 1.807) is 6.07 Å². The van der Waals surface area contributed by atoms with Gasteiger partial charge in [0.25, 0.3) is 17.7 Å². The van der Waals surface area contributed by atoms with E-state index in [1.807, 2.05) is 26.0 Å². The van der Waals surface area contributed by atoms with Gasteiger partial charge >= 0.3 is 0 Å². The Labute approximate surface area is 149 Å². The maximum atomic E-state index is 12.0. The standard InChI is InChI=1S/C17H17ClN4O3/c1-10-3-4-13(11(2)7-10)16(24)22-21-15(23)9-20-17(25)14-8-12(18)5-6-19-14/h3-8H,9H2,1-2H3,(H,20,25)(H,21,23)(H,22,24). The molecule has 0 aliphatic carbocycles. The second-order valence-corrected chi connectivity index (χ2v) is 5.80. The zero-order chi connectivity index (χ0) is 18.4. The van der Waals surface area contributed by atoms with Crippen molar-refractivity contribution in [1.82, 2.24) is 21.2 Å². The first-order valence-corrected chi connectivity index (χ1v) is 7.81. The molecule has 0 bridgehead atoms. The summed E-state index contributed by atoms with van der Waals surface area (Å²) in [5.74, 6) is -1.56. The molecule has 1 aromatic heterocycles. The van der Waals surface area contributed by atoms with Crippen LogP contribution in [0, 0.1) is 13.8 Å². The quantitative estimate of drug-likeness (QED) is 0.720. The average molecular weight is 361 g/mol. The molecule has 0 saturated carbocycles. The summed E-state index contributed by atoms with van der Waals surface area (Å²) in [6.07, 6.45) is 1.39. The zero-order valence-electron chi connectivity index (χ0n) is 13.7. The number of carbonyl (C=O) groups excluding carboxylic acids is 3. The highest BCUT2D eigenvalue weighted by atomic mass is 35.5. The molecule has 0 aliphatic heterocycles. The second-order valence-electron chi connectivity index (χ2n) is 5.36. The normalized spacial score (nSPS) is 10.0. The lowest BCUT2D eigenvalue weighted by molar-refractivity contribution is -0.120. The van der Waals surface area contributed by atoms with E-state index in [4.69, 9.17) is 11.6 Å². The van der Waals surface area contributed by atoms with Gasteiger partial charge in [0.05, 0.1) is 6.54 Å². The van der Waals surface area contributed by atoms with E-state index in [1.165, 1.54) is 18.3 Å². The van der Waals surface area contributed by atoms with E-state index in [9.17, 15) is 14.4 Å². The Balaban J connectivity index is 1.82. The molecule has 2 rings (SSSR count). The smallest absolute Gasteiger partial charge is 0.270 e. The summed E-state index contributed by atoms with van der Waals surface area (Å²) in [7, 11) is 0. The van der Waals surface area contributed by atoms with Crippen molar-refractivity contribution in [2.24, 2.45) is 0 Å². The number of aryl methyl sites for hydroxylation is 2. The SMILES string of the molecule is Cc1ccc(C(=O)NNC(=O)CNC(=O)c2cc(Cl)ccn2)c(C)c1. The van der Waals surface area contributed by atoms with Crippen LogP contribution < -0.4 is 16.2 Å². The van der Waals surface area contributed by atoms with Crippen molar-refractivity contribution < 1.29 is 14.4 Å². The number of hydrazine groups is 1. The van der Waals surface area contributed by atoms with Crippen LogP contribution in [0.5, 0.6) is 0 Å². The first kappa shape index (κ1) is 18.4. The maximum Gasteiger partial charge on any atom is 0.270 e. The number of benzene rings is 1. The fourth-order valence-corrected chi connectivity index (χ4v) is 2.25. The van der Waals surface area contributed by atoms with Gasteiger partial charge in [-0.25, -0.2) is 0 Å². The molecule has 0 unspecified atom stereocenters. The summed E-state index contributed by atoms with van der Waals surface area (Å²) in [6.45, 7) is 3.41. The van der Waals surface area contributed by atoms with Gasteiger partial charge in [0.2, 0.25) is 0 Å². The molecular formula is C17H17ClN4O3. The highest BCUT2D eigenvalue weighted by Crippen LogP contribution is 2.10. The Bertz CT molecular complexity index is 823. The van der Waals surface area contributed by atoms with Gasteiger partial charge in [0.15, 0.2) is 0 Å². The summed E-state index contributed by atoms with van der Waals surface area (Å²) >= 11 is 5.77. The van der Waals surface area contributed by atoms with Crippen LogP contribution in [0.1, 0.15) is 32.0 Å². The molecule has 0 radical (unpaired) electrons. The minimum absolute atomic E-state index is 0.0969. The van der Waals surface area contributed by atoms with Crippen molar-refractivity contribution in [3.05, 3.63) is 63.9 Å². The van der Waals surface area contributed by atoms with Gasteiger partial charge in [-0.3, -0.25) is 30.2 Å². The minimum atomic E-state index is -0.575. The number of hydrogen-bond donors (Lipinski definition) is 3. The van der Waals surface area contributed by atoms with E-state index in [-0.39, 0.29) is 12.2 Å². The van der Waals surface area contributed by atoms with E-state index in [2.05, 4.69) is 21.2 Å². The third-order valence-corrected chi connectivity index (χ3v) is 3.54. The number of nitrogens with zero attached hydrogens (tertiary/aromatic N) is 1. The van der Waals surface area contributed by atoms with E-state index in [0.717, 1.165) is 11.1 Å². The van der Waals surface area contributed by atoms with E-state index >= 15 is 0 Å². The lowest BCUT2D eigenvalue weighted by Crippen LogP contribution is -2.46. The fourth-order valence-electron chi connectivity index (χ4n) is 2.09. The van der Waals surface area contributed by atoms with Gasteiger partial charge < -0.3 is 5.32 Å². The summed E-state index contributed by atoms with van der Waals surface area (Å²) in [6, 6.07) is 8.28. The second kappa shape index (κ2) is 8.25. The van der Waals surface area contributed by atoms with Crippen molar-refractivity contribution in [2.75, 3.05) is 6.54 Å². The molecule has 3 N–H and O–H groups in total. The predicted molar refractivity (Wildman–Crippen MR) is 93.1 cm³/mol. The van der Waals surface area contributed by atoms with Gasteiger partial charge in [-0.15, -0.1) is 0 Å². The van der Waals surface area contributed by atoms with E-state index < -0.39 is 17.7 Å². The molecular weight excluding hydrogens is 344 g/mol. The molecule has 25 heavy (non-hydrogen) atoms. The lowest BCUT2D eigenvalue weighted by atomic mass is 10.1.